The topological polar surface area (TPSA) is 103 Å². The van der Waals surface area contributed by atoms with Crippen LogP contribution in [0.25, 0.3) is 21.3 Å². The number of halogens is 5. The number of aromatic nitrogens is 3. The minimum absolute atomic E-state index is 0.00194. The molecule has 0 saturated heterocycles. The molecule has 1 aromatic carbocycles. The number of alkyl halides is 3. The standard InChI is InChI=1S/C20H12F4IN5O2S/c1-30-7-11(25)14(29-30)18(32)28-15-13-10(8-2-4-9(21)5-3-8)6-12(20(22,23)24)27-19(13)33-16(15)17(26)31/h2-7H,1H3,(H2,26,31)(H,28,32). The number of amides is 2. The molecular formula is C20H12F4IN5O2S. The molecule has 3 N–H and O–H groups in total. The molecule has 0 radical (unpaired) electrons. The Morgan fingerprint density at radius 3 is 2.42 bits per heavy atom. The molecule has 0 bridgehead atoms. The Hall–Kier alpha value is -3.07. The highest BCUT2D eigenvalue weighted by Crippen LogP contribution is 2.43. The molecule has 0 spiro atoms. The van der Waals surface area contributed by atoms with E-state index >= 15 is 0 Å². The van der Waals surface area contributed by atoms with Crippen LogP contribution in [0, 0.1) is 9.39 Å². The van der Waals surface area contributed by atoms with Crippen LogP contribution in [0.4, 0.5) is 23.2 Å². The summed E-state index contributed by atoms with van der Waals surface area (Å²) in [4.78, 5) is 28.3. The van der Waals surface area contributed by atoms with Crippen molar-refractivity contribution in [3.63, 3.8) is 0 Å². The monoisotopic (exact) mass is 589 g/mol. The second-order valence-corrected chi connectivity index (χ2v) is 9.02. The third kappa shape index (κ3) is 4.42. The lowest BCUT2D eigenvalue weighted by Gasteiger charge is -2.12. The van der Waals surface area contributed by atoms with E-state index in [2.05, 4.69) is 15.4 Å². The van der Waals surface area contributed by atoms with Crippen molar-refractivity contribution in [3.8, 4) is 11.1 Å². The molecule has 0 fully saturated rings. The number of anilines is 1. The predicted octanol–water partition coefficient (Wildman–Crippen LogP) is 4.81. The number of pyridine rings is 1. The zero-order chi connectivity index (χ0) is 24.1. The molecule has 33 heavy (non-hydrogen) atoms. The van der Waals surface area contributed by atoms with E-state index in [1.165, 1.54) is 16.8 Å². The molecule has 13 heteroatoms. The van der Waals surface area contributed by atoms with Gasteiger partial charge in [0.1, 0.15) is 21.2 Å². The number of nitrogens with one attached hydrogen (secondary N) is 1. The van der Waals surface area contributed by atoms with Crippen LogP contribution in [0.2, 0.25) is 0 Å². The van der Waals surface area contributed by atoms with E-state index in [1.807, 2.05) is 22.6 Å². The SMILES string of the molecule is Cn1cc(I)c(C(=O)Nc2c(C(N)=O)sc3nc(C(F)(F)F)cc(-c4ccc(F)cc4)c23)n1. The Bertz CT molecular complexity index is 1410. The molecule has 170 valence electrons. The fourth-order valence-corrected chi connectivity index (χ4v) is 4.94. The quantitative estimate of drug-likeness (QED) is 0.264. The highest BCUT2D eigenvalue weighted by Gasteiger charge is 2.35. The molecule has 4 aromatic rings. The first-order valence-corrected chi connectivity index (χ1v) is 11.0. The lowest BCUT2D eigenvalue weighted by molar-refractivity contribution is -0.140. The van der Waals surface area contributed by atoms with Gasteiger partial charge in [-0.2, -0.15) is 18.3 Å². The summed E-state index contributed by atoms with van der Waals surface area (Å²) in [7, 11) is 1.61. The fraction of sp³-hybridized carbons (Fsp3) is 0.100. The number of carbonyl (C=O) groups is 2. The Labute approximate surface area is 200 Å². The van der Waals surface area contributed by atoms with Crippen molar-refractivity contribution in [2.45, 2.75) is 6.18 Å². The van der Waals surface area contributed by atoms with Gasteiger partial charge in [0.15, 0.2) is 5.69 Å². The highest BCUT2D eigenvalue weighted by molar-refractivity contribution is 14.1. The summed E-state index contributed by atoms with van der Waals surface area (Å²) >= 11 is 2.52. The number of rotatable bonds is 4. The number of benzene rings is 1. The molecule has 3 aromatic heterocycles. The summed E-state index contributed by atoms with van der Waals surface area (Å²) in [6.45, 7) is 0. The number of fused-ring (bicyclic) bond motifs is 1. The Kier molecular flexibility index (Phi) is 5.86. The lowest BCUT2D eigenvalue weighted by atomic mass is 10.0. The van der Waals surface area contributed by atoms with E-state index < -0.39 is 29.5 Å². The van der Waals surface area contributed by atoms with Crippen molar-refractivity contribution in [2.24, 2.45) is 12.8 Å². The van der Waals surface area contributed by atoms with E-state index in [1.54, 1.807) is 13.2 Å². The number of thiophene rings is 1. The van der Waals surface area contributed by atoms with E-state index in [4.69, 9.17) is 5.73 Å². The number of nitrogens with two attached hydrogens (primary N) is 1. The molecule has 0 aliphatic heterocycles. The Morgan fingerprint density at radius 1 is 1.21 bits per heavy atom. The van der Waals surface area contributed by atoms with Crippen LogP contribution in [-0.4, -0.2) is 26.6 Å². The van der Waals surface area contributed by atoms with Gasteiger partial charge in [0, 0.05) is 18.6 Å². The summed E-state index contributed by atoms with van der Waals surface area (Å²) < 4.78 is 56.0. The second-order valence-electron chi connectivity index (χ2n) is 6.86. The molecule has 7 nitrogen and oxygen atoms in total. The number of nitrogens with zero attached hydrogens (tertiary/aromatic N) is 3. The van der Waals surface area contributed by atoms with Gasteiger partial charge in [-0.1, -0.05) is 12.1 Å². The highest BCUT2D eigenvalue weighted by atomic mass is 127. The summed E-state index contributed by atoms with van der Waals surface area (Å²) in [5, 5.41) is 6.70. The maximum atomic E-state index is 13.5. The molecular weight excluding hydrogens is 577 g/mol. The van der Waals surface area contributed by atoms with Crippen LogP contribution in [0.15, 0.2) is 36.5 Å². The van der Waals surface area contributed by atoms with Crippen molar-refractivity contribution in [1.29, 1.82) is 0 Å². The fourth-order valence-electron chi connectivity index (χ4n) is 3.18. The average molecular weight is 589 g/mol. The average Bonchev–Trinajstić information content (AvgIpc) is 3.26. The summed E-state index contributed by atoms with van der Waals surface area (Å²) in [5.41, 5.74) is 4.45. The molecule has 0 unspecified atom stereocenters. The van der Waals surface area contributed by atoms with Gasteiger partial charge >= 0.3 is 6.18 Å². The van der Waals surface area contributed by atoms with Gasteiger partial charge in [-0.05, 0) is 51.9 Å². The van der Waals surface area contributed by atoms with Crippen molar-refractivity contribution >= 4 is 61.6 Å². The Balaban J connectivity index is 1.99. The van der Waals surface area contributed by atoms with Crippen LogP contribution in [0.1, 0.15) is 25.9 Å². The number of carbonyl (C=O) groups excluding carboxylic acids is 2. The minimum atomic E-state index is -4.78. The smallest absolute Gasteiger partial charge is 0.365 e. The third-order valence-corrected chi connectivity index (χ3v) is 6.46. The van der Waals surface area contributed by atoms with Crippen molar-refractivity contribution in [3.05, 3.63) is 62.2 Å². The summed E-state index contributed by atoms with van der Waals surface area (Å²) in [6, 6.07) is 5.54. The number of hydrogen-bond acceptors (Lipinski definition) is 5. The van der Waals surface area contributed by atoms with Crippen LogP contribution in [0.3, 0.4) is 0 Å². The van der Waals surface area contributed by atoms with Gasteiger partial charge in [0.2, 0.25) is 0 Å². The first-order valence-electron chi connectivity index (χ1n) is 9.06. The second kappa shape index (κ2) is 8.37. The number of hydrogen-bond donors (Lipinski definition) is 2. The molecule has 4 rings (SSSR count). The maximum absolute atomic E-state index is 13.5. The first kappa shape index (κ1) is 23.1. The van der Waals surface area contributed by atoms with Gasteiger partial charge in [0.25, 0.3) is 11.8 Å². The van der Waals surface area contributed by atoms with E-state index in [9.17, 15) is 27.2 Å². The van der Waals surface area contributed by atoms with E-state index in [0.717, 1.165) is 18.2 Å². The Morgan fingerprint density at radius 2 is 1.88 bits per heavy atom. The van der Waals surface area contributed by atoms with Gasteiger partial charge in [-0.15, -0.1) is 11.3 Å². The van der Waals surface area contributed by atoms with Crippen LogP contribution in [0.5, 0.6) is 0 Å². The molecule has 0 saturated carbocycles. The van der Waals surface area contributed by atoms with Gasteiger partial charge < -0.3 is 11.1 Å². The summed E-state index contributed by atoms with van der Waals surface area (Å²) in [5.74, 6) is -2.23. The zero-order valence-corrected chi connectivity index (χ0v) is 19.5. The predicted molar refractivity (Wildman–Crippen MR) is 122 cm³/mol. The van der Waals surface area contributed by atoms with E-state index in [0.29, 0.717) is 14.9 Å². The van der Waals surface area contributed by atoms with Crippen LogP contribution < -0.4 is 11.1 Å². The van der Waals surface area contributed by atoms with Gasteiger partial charge in [0.05, 0.1) is 9.26 Å². The third-order valence-electron chi connectivity index (χ3n) is 4.57. The van der Waals surface area contributed by atoms with E-state index in [-0.39, 0.29) is 37.6 Å². The molecule has 3 heterocycles. The van der Waals surface area contributed by atoms with Crippen molar-refractivity contribution < 1.29 is 27.2 Å². The van der Waals surface area contributed by atoms with Gasteiger partial charge in [-0.3, -0.25) is 14.3 Å². The van der Waals surface area contributed by atoms with Gasteiger partial charge in [-0.25, -0.2) is 9.37 Å². The number of primary amides is 1. The normalized spacial score (nSPS) is 11.7. The molecule has 0 atom stereocenters. The minimum Gasteiger partial charge on any atom is -0.365 e. The zero-order valence-electron chi connectivity index (χ0n) is 16.5. The lowest BCUT2D eigenvalue weighted by Crippen LogP contribution is -2.18. The molecule has 0 aliphatic rings. The molecule has 0 aliphatic carbocycles. The first-order chi connectivity index (χ1) is 15.5. The van der Waals surface area contributed by atoms with Crippen LogP contribution >= 0.6 is 33.9 Å². The van der Waals surface area contributed by atoms with Crippen molar-refractivity contribution in [2.75, 3.05) is 5.32 Å². The summed E-state index contributed by atoms with van der Waals surface area (Å²) in [6.07, 6.45) is -3.19. The number of aryl methyl sites for hydroxylation is 1. The largest absolute Gasteiger partial charge is 0.433 e. The van der Waals surface area contributed by atoms with Crippen molar-refractivity contribution in [1.82, 2.24) is 14.8 Å². The van der Waals surface area contributed by atoms with Crippen LogP contribution in [-0.2, 0) is 13.2 Å². The maximum Gasteiger partial charge on any atom is 0.433 e. The molecule has 2 amide bonds.